The molecule has 0 saturated carbocycles. The molecule has 2 aliphatic rings. The maximum Gasteiger partial charge on any atom is 0.0461 e. The monoisotopic (exact) mass is 351 g/mol. The van der Waals surface area contributed by atoms with Crippen molar-refractivity contribution >= 4 is 17.8 Å². The molecule has 0 aliphatic heterocycles. The minimum atomic E-state index is 1.11. The van der Waals surface area contributed by atoms with Gasteiger partial charge < -0.3 is 4.90 Å². The van der Waals surface area contributed by atoms with Crippen molar-refractivity contribution in [2.75, 3.05) is 4.90 Å². The molecule has 0 saturated heterocycles. The summed E-state index contributed by atoms with van der Waals surface area (Å²) in [4.78, 5) is 2.37. The summed E-state index contributed by atoms with van der Waals surface area (Å²) in [6, 6.07) is 19.3. The van der Waals surface area contributed by atoms with Gasteiger partial charge in [0.05, 0.1) is 0 Å². The third-order valence-electron chi connectivity index (χ3n) is 4.89. The number of hydrogen-bond acceptors (Lipinski definition) is 1. The van der Waals surface area contributed by atoms with Gasteiger partial charge in [-0.05, 0) is 61.1 Å². The van der Waals surface area contributed by atoms with Crippen LogP contribution in [0.25, 0.3) is 12.2 Å². The first kappa shape index (κ1) is 17.4. The zero-order valence-electron chi connectivity index (χ0n) is 15.6. The summed E-state index contributed by atoms with van der Waals surface area (Å²) in [6.45, 7) is 0. The lowest BCUT2D eigenvalue weighted by Gasteiger charge is -2.29. The van der Waals surface area contributed by atoms with E-state index in [4.69, 9.17) is 0 Å². The third-order valence-corrected chi connectivity index (χ3v) is 4.89. The van der Waals surface area contributed by atoms with Crippen LogP contribution in [0.2, 0.25) is 0 Å². The largest absolute Gasteiger partial charge is 0.311 e. The van der Waals surface area contributed by atoms with E-state index in [1.165, 1.54) is 28.2 Å². The molecule has 0 amide bonds. The van der Waals surface area contributed by atoms with Crippen molar-refractivity contribution in [3.8, 4) is 0 Å². The number of anilines is 1. The fourth-order valence-corrected chi connectivity index (χ4v) is 3.47. The molecule has 2 aromatic carbocycles. The highest BCUT2D eigenvalue weighted by Crippen LogP contribution is 2.30. The van der Waals surface area contributed by atoms with Gasteiger partial charge in [-0.3, -0.25) is 0 Å². The molecule has 0 aromatic heterocycles. The van der Waals surface area contributed by atoms with E-state index in [1.54, 1.807) is 0 Å². The molecule has 4 rings (SSSR count). The molecule has 1 heteroatoms. The number of hydrogen-bond donors (Lipinski definition) is 0. The van der Waals surface area contributed by atoms with Crippen LogP contribution in [0, 0.1) is 0 Å². The molecule has 0 fully saturated rings. The van der Waals surface area contributed by atoms with Gasteiger partial charge in [0.1, 0.15) is 0 Å². The van der Waals surface area contributed by atoms with E-state index < -0.39 is 0 Å². The number of nitrogens with zero attached hydrogens (tertiary/aromatic N) is 1. The quantitative estimate of drug-likeness (QED) is 0.518. The average molecular weight is 351 g/mol. The Bertz CT molecular complexity index is 876. The van der Waals surface area contributed by atoms with Crippen LogP contribution in [-0.2, 0) is 0 Å². The Morgan fingerprint density at radius 3 is 1.67 bits per heavy atom. The lowest BCUT2D eigenvalue weighted by molar-refractivity contribution is 0.958. The number of allylic oxidation sites excluding steroid dienone is 6. The second kappa shape index (κ2) is 8.55. The van der Waals surface area contributed by atoms with Gasteiger partial charge in [0.25, 0.3) is 0 Å². The molecular weight excluding hydrogens is 326 g/mol. The maximum absolute atomic E-state index is 2.37. The van der Waals surface area contributed by atoms with Crippen LogP contribution in [0.1, 0.15) is 36.8 Å². The molecular formula is C26H25N. The van der Waals surface area contributed by atoms with Gasteiger partial charge in [0.2, 0.25) is 0 Å². The molecule has 1 nitrogen and oxygen atoms in total. The SMILES string of the molecule is C1=CC(N(C2=CCCC=C2)c2ccc(/C=C/c3ccccc3)cc2)=CCC1. The van der Waals surface area contributed by atoms with E-state index in [0.29, 0.717) is 0 Å². The van der Waals surface area contributed by atoms with Gasteiger partial charge in [-0.25, -0.2) is 0 Å². The van der Waals surface area contributed by atoms with Crippen LogP contribution in [0.15, 0.2) is 102 Å². The van der Waals surface area contributed by atoms with Crippen molar-refractivity contribution in [3.63, 3.8) is 0 Å². The predicted molar refractivity (Wildman–Crippen MR) is 117 cm³/mol. The second-order valence-electron chi connectivity index (χ2n) is 6.89. The van der Waals surface area contributed by atoms with Gasteiger partial charge >= 0.3 is 0 Å². The highest BCUT2D eigenvalue weighted by molar-refractivity contribution is 5.72. The average Bonchev–Trinajstić information content (AvgIpc) is 2.76. The Morgan fingerprint density at radius 1 is 0.593 bits per heavy atom. The topological polar surface area (TPSA) is 3.24 Å². The van der Waals surface area contributed by atoms with E-state index in [1.807, 2.05) is 6.07 Å². The molecule has 2 aromatic rings. The molecule has 0 N–H and O–H groups in total. The van der Waals surface area contributed by atoms with Crippen molar-refractivity contribution in [1.82, 2.24) is 0 Å². The number of benzene rings is 2. The van der Waals surface area contributed by atoms with Crippen LogP contribution in [0.4, 0.5) is 5.69 Å². The number of rotatable bonds is 5. The lowest BCUT2D eigenvalue weighted by atomic mass is 10.1. The summed E-state index contributed by atoms with van der Waals surface area (Å²) in [6.07, 6.45) is 22.5. The molecule has 0 spiro atoms. The van der Waals surface area contributed by atoms with Gasteiger partial charge in [0, 0.05) is 17.1 Å². The van der Waals surface area contributed by atoms with E-state index in [-0.39, 0.29) is 0 Å². The molecule has 0 radical (unpaired) electrons. The van der Waals surface area contributed by atoms with Crippen molar-refractivity contribution in [2.45, 2.75) is 25.7 Å². The minimum Gasteiger partial charge on any atom is -0.311 e. The first-order chi connectivity index (χ1) is 13.4. The molecule has 2 aliphatic carbocycles. The predicted octanol–water partition coefficient (Wildman–Crippen LogP) is 7.13. The van der Waals surface area contributed by atoms with Crippen LogP contribution >= 0.6 is 0 Å². The standard InChI is InChI=1S/C26H25N/c1-4-10-22(11-5-1)16-17-23-18-20-26(21-19-23)27(24-12-6-2-7-13-24)25-14-8-3-9-15-25/h1,4-6,8,10-21H,2-3,7,9H2/b17-16+. The molecule has 0 atom stereocenters. The molecule has 0 unspecified atom stereocenters. The van der Waals surface area contributed by atoms with Crippen molar-refractivity contribution in [2.24, 2.45) is 0 Å². The second-order valence-corrected chi connectivity index (χ2v) is 6.89. The summed E-state index contributed by atoms with van der Waals surface area (Å²) in [5, 5.41) is 0. The lowest BCUT2D eigenvalue weighted by Crippen LogP contribution is -2.21. The van der Waals surface area contributed by atoms with Gasteiger partial charge in [0.15, 0.2) is 0 Å². The van der Waals surface area contributed by atoms with Crippen LogP contribution in [0.5, 0.6) is 0 Å². The Balaban J connectivity index is 1.60. The zero-order valence-corrected chi connectivity index (χ0v) is 15.6. The van der Waals surface area contributed by atoms with E-state index in [9.17, 15) is 0 Å². The highest BCUT2D eigenvalue weighted by atomic mass is 15.2. The normalized spacial score (nSPS) is 16.3. The molecule has 27 heavy (non-hydrogen) atoms. The first-order valence-electron chi connectivity index (χ1n) is 9.77. The van der Waals surface area contributed by atoms with Crippen molar-refractivity contribution in [3.05, 3.63) is 114 Å². The van der Waals surface area contributed by atoms with Crippen LogP contribution in [-0.4, -0.2) is 0 Å². The first-order valence-corrected chi connectivity index (χ1v) is 9.77. The summed E-state index contributed by atoms with van der Waals surface area (Å²) in [7, 11) is 0. The Morgan fingerprint density at radius 2 is 1.15 bits per heavy atom. The Kier molecular flexibility index (Phi) is 5.50. The molecule has 134 valence electrons. The Labute approximate surface area is 162 Å². The molecule has 0 heterocycles. The maximum atomic E-state index is 2.37. The fourth-order valence-electron chi connectivity index (χ4n) is 3.47. The summed E-state index contributed by atoms with van der Waals surface area (Å²) in [5.74, 6) is 0. The van der Waals surface area contributed by atoms with E-state index in [2.05, 4.69) is 102 Å². The zero-order chi connectivity index (χ0) is 18.3. The third kappa shape index (κ3) is 4.38. The summed E-state index contributed by atoms with van der Waals surface area (Å²) in [5.41, 5.74) is 6.18. The molecule has 0 bridgehead atoms. The van der Waals surface area contributed by atoms with Crippen molar-refractivity contribution in [1.29, 1.82) is 0 Å². The van der Waals surface area contributed by atoms with Crippen molar-refractivity contribution < 1.29 is 0 Å². The van der Waals surface area contributed by atoms with Crippen LogP contribution < -0.4 is 4.90 Å². The minimum absolute atomic E-state index is 1.11. The fraction of sp³-hybridized carbons (Fsp3) is 0.154. The van der Waals surface area contributed by atoms with Crippen LogP contribution in [0.3, 0.4) is 0 Å². The Hall–Kier alpha value is -3.06. The summed E-state index contributed by atoms with van der Waals surface area (Å²) < 4.78 is 0. The van der Waals surface area contributed by atoms with Gasteiger partial charge in [-0.1, -0.05) is 78.9 Å². The smallest absolute Gasteiger partial charge is 0.0461 e. The summed E-state index contributed by atoms with van der Waals surface area (Å²) >= 11 is 0. The van der Waals surface area contributed by atoms with E-state index in [0.717, 1.165) is 25.7 Å². The highest BCUT2D eigenvalue weighted by Gasteiger charge is 2.15. The van der Waals surface area contributed by atoms with E-state index >= 15 is 0 Å². The van der Waals surface area contributed by atoms with Gasteiger partial charge in [-0.15, -0.1) is 0 Å². The van der Waals surface area contributed by atoms with Gasteiger partial charge in [-0.2, -0.15) is 0 Å².